The molecule has 0 amide bonds. The summed E-state index contributed by atoms with van der Waals surface area (Å²) in [5.74, 6) is 1.81. The number of methoxy groups -OCH3 is 1. The van der Waals surface area contributed by atoms with Crippen molar-refractivity contribution in [3.05, 3.63) is 64.8 Å². The molecule has 3 aromatic rings. The number of hydrogen-bond donors (Lipinski definition) is 2. The van der Waals surface area contributed by atoms with E-state index in [1.807, 2.05) is 24.3 Å². The summed E-state index contributed by atoms with van der Waals surface area (Å²) in [5.41, 5.74) is 1.50. The molecule has 0 saturated heterocycles. The zero-order valence-electron chi connectivity index (χ0n) is 12.8. The van der Waals surface area contributed by atoms with Gasteiger partial charge in [0.25, 0.3) is 0 Å². The molecule has 5 nitrogen and oxygen atoms in total. The average Bonchev–Trinajstić information content (AvgIpc) is 2.59. The highest BCUT2D eigenvalue weighted by Crippen LogP contribution is 2.31. The first-order valence-electron chi connectivity index (χ1n) is 7.11. The lowest BCUT2D eigenvalue weighted by Crippen LogP contribution is -2.01. The predicted molar refractivity (Wildman–Crippen MR) is 98.1 cm³/mol. The molecule has 0 atom stereocenters. The number of ether oxygens (including phenoxy) is 1. The number of anilines is 4. The summed E-state index contributed by atoms with van der Waals surface area (Å²) in [6, 6.07) is 14.7. The summed E-state index contributed by atoms with van der Waals surface area (Å²) < 4.78 is 5.21. The lowest BCUT2D eigenvalue weighted by atomic mass is 10.3. The number of hydrogen-bond acceptors (Lipinski definition) is 5. The van der Waals surface area contributed by atoms with Gasteiger partial charge >= 0.3 is 0 Å². The number of rotatable bonds is 5. The summed E-state index contributed by atoms with van der Waals surface area (Å²) in [6.45, 7) is 0. The van der Waals surface area contributed by atoms with Crippen molar-refractivity contribution in [3.63, 3.8) is 0 Å². The van der Waals surface area contributed by atoms with E-state index in [1.54, 1.807) is 37.6 Å². The third-order valence-corrected chi connectivity index (χ3v) is 4.01. The Hall–Kier alpha value is -2.50. The number of aromatic nitrogens is 2. The maximum Gasteiger partial charge on any atom is 0.229 e. The Bertz CT molecular complexity index is 857. The summed E-state index contributed by atoms with van der Waals surface area (Å²) in [4.78, 5) is 8.61. The van der Waals surface area contributed by atoms with Crippen LogP contribution in [0, 0.1) is 0 Å². The molecule has 0 fully saturated rings. The highest BCUT2D eigenvalue weighted by molar-refractivity contribution is 6.43. The van der Waals surface area contributed by atoms with Gasteiger partial charge in [-0.1, -0.05) is 35.3 Å². The lowest BCUT2D eigenvalue weighted by molar-refractivity contribution is 0.415. The molecule has 0 aliphatic heterocycles. The summed E-state index contributed by atoms with van der Waals surface area (Å²) >= 11 is 12.2. The standard InChI is InChI=1S/C17H14Cl2N4O/c1-24-12-5-2-4-11(10-12)21-15-8-9-20-17(23-15)22-14-7-3-6-13(18)16(14)19/h2-10H,1H3,(H2,20,21,22,23). The van der Waals surface area contributed by atoms with Crippen molar-refractivity contribution in [3.8, 4) is 5.75 Å². The van der Waals surface area contributed by atoms with Gasteiger partial charge in [0.1, 0.15) is 11.6 Å². The molecule has 1 heterocycles. The molecule has 24 heavy (non-hydrogen) atoms. The van der Waals surface area contributed by atoms with Gasteiger partial charge in [-0.2, -0.15) is 4.98 Å². The molecule has 1 aromatic heterocycles. The second kappa shape index (κ2) is 7.38. The molecule has 0 saturated carbocycles. The van der Waals surface area contributed by atoms with Crippen LogP contribution in [0.1, 0.15) is 0 Å². The Morgan fingerprint density at radius 2 is 1.83 bits per heavy atom. The van der Waals surface area contributed by atoms with Gasteiger partial charge in [0.15, 0.2) is 0 Å². The van der Waals surface area contributed by atoms with Crippen molar-refractivity contribution in [2.75, 3.05) is 17.7 Å². The van der Waals surface area contributed by atoms with Crippen molar-refractivity contribution in [1.82, 2.24) is 9.97 Å². The zero-order chi connectivity index (χ0) is 16.9. The third kappa shape index (κ3) is 3.88. The Kier molecular flexibility index (Phi) is 5.03. The van der Waals surface area contributed by atoms with E-state index in [0.717, 1.165) is 11.4 Å². The third-order valence-electron chi connectivity index (χ3n) is 3.20. The summed E-state index contributed by atoms with van der Waals surface area (Å²) in [5, 5.41) is 7.15. The van der Waals surface area contributed by atoms with Crippen LogP contribution >= 0.6 is 23.2 Å². The van der Waals surface area contributed by atoms with Gasteiger partial charge in [0, 0.05) is 18.0 Å². The highest BCUT2D eigenvalue weighted by Gasteiger charge is 2.07. The molecule has 0 aliphatic carbocycles. The van der Waals surface area contributed by atoms with E-state index in [-0.39, 0.29) is 0 Å². The van der Waals surface area contributed by atoms with E-state index in [2.05, 4.69) is 20.6 Å². The molecule has 3 rings (SSSR count). The van der Waals surface area contributed by atoms with Crippen LogP contribution in [0.2, 0.25) is 10.0 Å². The second-order valence-electron chi connectivity index (χ2n) is 4.85. The molecule has 0 unspecified atom stereocenters. The fourth-order valence-electron chi connectivity index (χ4n) is 2.06. The van der Waals surface area contributed by atoms with Crippen LogP contribution in [0.15, 0.2) is 54.7 Å². The van der Waals surface area contributed by atoms with Crippen LogP contribution in [-0.2, 0) is 0 Å². The molecule has 0 bridgehead atoms. The minimum absolute atomic E-state index is 0.409. The smallest absolute Gasteiger partial charge is 0.229 e. The van der Waals surface area contributed by atoms with E-state index < -0.39 is 0 Å². The van der Waals surface area contributed by atoms with Crippen molar-refractivity contribution in [2.24, 2.45) is 0 Å². The largest absolute Gasteiger partial charge is 0.497 e. The fraction of sp³-hybridized carbons (Fsp3) is 0.0588. The first kappa shape index (κ1) is 16.4. The van der Waals surface area contributed by atoms with Gasteiger partial charge in [0.2, 0.25) is 5.95 Å². The second-order valence-corrected chi connectivity index (χ2v) is 5.63. The van der Waals surface area contributed by atoms with Crippen LogP contribution in [0.3, 0.4) is 0 Å². The minimum Gasteiger partial charge on any atom is -0.497 e. The SMILES string of the molecule is COc1cccc(Nc2ccnc(Nc3cccc(Cl)c3Cl)n2)c1. The Morgan fingerprint density at radius 1 is 1.00 bits per heavy atom. The van der Waals surface area contributed by atoms with Crippen LogP contribution in [0.4, 0.5) is 23.1 Å². The molecule has 7 heteroatoms. The van der Waals surface area contributed by atoms with Crippen LogP contribution < -0.4 is 15.4 Å². The van der Waals surface area contributed by atoms with Crippen molar-refractivity contribution >= 4 is 46.3 Å². The number of nitrogens with zero attached hydrogens (tertiary/aromatic N) is 2. The Balaban J connectivity index is 1.80. The maximum absolute atomic E-state index is 6.17. The molecular weight excluding hydrogens is 347 g/mol. The van der Waals surface area contributed by atoms with E-state index in [4.69, 9.17) is 27.9 Å². The van der Waals surface area contributed by atoms with Gasteiger partial charge in [-0.05, 0) is 30.3 Å². The normalized spacial score (nSPS) is 10.3. The monoisotopic (exact) mass is 360 g/mol. The fourth-order valence-corrected chi connectivity index (χ4v) is 2.41. The van der Waals surface area contributed by atoms with E-state index in [9.17, 15) is 0 Å². The lowest BCUT2D eigenvalue weighted by Gasteiger charge is -2.10. The molecular formula is C17H14Cl2N4O. The van der Waals surface area contributed by atoms with Gasteiger partial charge in [0.05, 0.1) is 22.8 Å². The number of benzene rings is 2. The Morgan fingerprint density at radius 3 is 2.67 bits per heavy atom. The van der Waals surface area contributed by atoms with E-state index in [1.165, 1.54) is 0 Å². The van der Waals surface area contributed by atoms with E-state index >= 15 is 0 Å². The number of nitrogens with one attached hydrogen (secondary N) is 2. The van der Waals surface area contributed by atoms with Crippen LogP contribution in [0.5, 0.6) is 5.75 Å². The first-order valence-corrected chi connectivity index (χ1v) is 7.86. The van der Waals surface area contributed by atoms with Crippen LogP contribution in [0.25, 0.3) is 0 Å². The average molecular weight is 361 g/mol. The van der Waals surface area contributed by atoms with Gasteiger partial charge < -0.3 is 15.4 Å². The van der Waals surface area contributed by atoms with Crippen molar-refractivity contribution in [1.29, 1.82) is 0 Å². The molecule has 2 aromatic carbocycles. The minimum atomic E-state index is 0.409. The van der Waals surface area contributed by atoms with Crippen LogP contribution in [-0.4, -0.2) is 17.1 Å². The highest BCUT2D eigenvalue weighted by atomic mass is 35.5. The first-order chi connectivity index (χ1) is 11.7. The Labute approximate surface area is 149 Å². The molecule has 2 N–H and O–H groups in total. The van der Waals surface area contributed by atoms with E-state index in [0.29, 0.717) is 27.5 Å². The molecule has 0 spiro atoms. The quantitative estimate of drug-likeness (QED) is 0.648. The predicted octanol–water partition coefficient (Wildman–Crippen LogP) is 5.28. The molecule has 122 valence electrons. The van der Waals surface area contributed by atoms with Gasteiger partial charge in [-0.25, -0.2) is 4.98 Å². The van der Waals surface area contributed by atoms with Gasteiger partial charge in [-0.15, -0.1) is 0 Å². The van der Waals surface area contributed by atoms with Crippen molar-refractivity contribution in [2.45, 2.75) is 0 Å². The maximum atomic E-state index is 6.17. The van der Waals surface area contributed by atoms with Gasteiger partial charge in [-0.3, -0.25) is 0 Å². The van der Waals surface area contributed by atoms with Crippen molar-refractivity contribution < 1.29 is 4.74 Å². The summed E-state index contributed by atoms with van der Waals surface area (Å²) in [6.07, 6.45) is 1.65. The zero-order valence-corrected chi connectivity index (χ0v) is 14.3. The topological polar surface area (TPSA) is 59.1 Å². The molecule has 0 aliphatic rings. The number of halogens is 2. The summed E-state index contributed by atoms with van der Waals surface area (Å²) in [7, 11) is 1.63. The molecule has 0 radical (unpaired) electrons.